The van der Waals surface area contributed by atoms with Crippen molar-refractivity contribution in [3.8, 4) is 0 Å². The van der Waals surface area contributed by atoms with Crippen LogP contribution in [0.3, 0.4) is 0 Å². The van der Waals surface area contributed by atoms with E-state index in [9.17, 15) is 4.79 Å². The van der Waals surface area contributed by atoms with Gasteiger partial charge in [-0.15, -0.1) is 0 Å². The Balaban J connectivity index is 1.73. The van der Waals surface area contributed by atoms with Gasteiger partial charge < -0.3 is 5.32 Å². The number of anilines is 1. The van der Waals surface area contributed by atoms with Crippen molar-refractivity contribution >= 4 is 46.5 Å². The van der Waals surface area contributed by atoms with Gasteiger partial charge >= 0.3 is 0 Å². The number of allylic oxidation sites excluding steroid dienone is 2. The lowest BCUT2D eigenvalue weighted by Gasteiger charge is -2.09. The summed E-state index contributed by atoms with van der Waals surface area (Å²) in [5.41, 5.74) is 3.50. The SMILES string of the molecule is O=C1C(c2ccccc2)=C(Nc2ccc(Cl)cc2)S/C1=C\c1ccccc1. The van der Waals surface area contributed by atoms with Gasteiger partial charge in [0.1, 0.15) is 0 Å². The predicted octanol–water partition coefficient (Wildman–Crippen LogP) is 6.48. The lowest BCUT2D eigenvalue weighted by molar-refractivity contribution is -0.109. The predicted molar refractivity (Wildman–Crippen MR) is 115 cm³/mol. The molecule has 0 aliphatic carbocycles. The molecule has 2 nitrogen and oxygen atoms in total. The van der Waals surface area contributed by atoms with E-state index in [4.69, 9.17) is 11.6 Å². The summed E-state index contributed by atoms with van der Waals surface area (Å²) in [5.74, 6) is 0.0338. The Hall–Kier alpha value is -2.75. The van der Waals surface area contributed by atoms with Crippen LogP contribution in [0.2, 0.25) is 5.02 Å². The molecule has 0 aromatic heterocycles. The molecular formula is C23H16ClNOS. The summed E-state index contributed by atoms with van der Waals surface area (Å²) in [4.78, 5) is 13.9. The second-order valence-electron chi connectivity index (χ2n) is 6.05. The first-order valence-electron chi connectivity index (χ1n) is 8.52. The average Bonchev–Trinajstić information content (AvgIpc) is 3.00. The number of hydrogen-bond acceptors (Lipinski definition) is 3. The largest absolute Gasteiger partial charge is 0.349 e. The molecule has 27 heavy (non-hydrogen) atoms. The topological polar surface area (TPSA) is 29.1 Å². The molecule has 1 aliphatic heterocycles. The number of halogens is 1. The molecule has 0 fully saturated rings. The van der Waals surface area contributed by atoms with E-state index < -0.39 is 0 Å². The van der Waals surface area contributed by atoms with E-state index in [1.165, 1.54) is 11.8 Å². The lowest BCUT2D eigenvalue weighted by Crippen LogP contribution is -2.01. The minimum atomic E-state index is 0.0338. The Morgan fingerprint density at radius 2 is 1.44 bits per heavy atom. The van der Waals surface area contributed by atoms with E-state index in [0.717, 1.165) is 21.8 Å². The summed E-state index contributed by atoms with van der Waals surface area (Å²) in [6.07, 6.45) is 1.94. The van der Waals surface area contributed by atoms with Crippen molar-refractivity contribution in [3.63, 3.8) is 0 Å². The van der Waals surface area contributed by atoms with E-state index in [-0.39, 0.29) is 5.78 Å². The summed E-state index contributed by atoms with van der Waals surface area (Å²) < 4.78 is 0. The highest BCUT2D eigenvalue weighted by Crippen LogP contribution is 2.43. The van der Waals surface area contributed by atoms with Gasteiger partial charge in [-0.05, 0) is 41.5 Å². The maximum Gasteiger partial charge on any atom is 0.203 e. The zero-order valence-corrected chi connectivity index (χ0v) is 15.9. The molecule has 3 aromatic carbocycles. The van der Waals surface area contributed by atoms with Crippen molar-refractivity contribution in [1.82, 2.24) is 0 Å². The first kappa shape index (κ1) is 17.7. The molecule has 3 aromatic rings. The molecule has 1 aliphatic rings. The Kier molecular flexibility index (Phi) is 5.14. The molecule has 0 spiro atoms. The third kappa shape index (κ3) is 4.00. The molecule has 0 radical (unpaired) electrons. The zero-order valence-electron chi connectivity index (χ0n) is 14.4. The molecule has 4 heteroatoms. The fraction of sp³-hybridized carbons (Fsp3) is 0. The third-order valence-corrected chi connectivity index (χ3v) is 5.44. The van der Waals surface area contributed by atoms with Crippen LogP contribution in [0.4, 0.5) is 5.69 Å². The van der Waals surface area contributed by atoms with Crippen molar-refractivity contribution in [1.29, 1.82) is 0 Å². The molecule has 0 unspecified atom stereocenters. The minimum absolute atomic E-state index is 0.0338. The van der Waals surface area contributed by atoms with E-state index in [0.29, 0.717) is 15.5 Å². The number of carbonyl (C=O) groups is 1. The number of hydrogen-bond donors (Lipinski definition) is 1. The molecule has 0 atom stereocenters. The van der Waals surface area contributed by atoms with E-state index in [1.54, 1.807) is 0 Å². The molecule has 132 valence electrons. The number of rotatable bonds is 4. The number of benzene rings is 3. The van der Waals surface area contributed by atoms with Crippen molar-refractivity contribution in [2.45, 2.75) is 0 Å². The van der Waals surface area contributed by atoms with Crippen LogP contribution in [0.5, 0.6) is 0 Å². The fourth-order valence-electron chi connectivity index (χ4n) is 2.85. The number of thioether (sulfide) groups is 1. The number of Topliss-reactive ketones (excluding diaryl/α,β-unsaturated/α-hetero) is 1. The van der Waals surface area contributed by atoms with Gasteiger partial charge in [-0.1, -0.05) is 84.0 Å². The normalized spacial score (nSPS) is 15.4. The van der Waals surface area contributed by atoms with E-state index in [1.807, 2.05) is 91.0 Å². The molecule has 0 bridgehead atoms. The van der Waals surface area contributed by atoms with Gasteiger partial charge in [-0.25, -0.2) is 0 Å². The second kappa shape index (κ2) is 7.87. The summed E-state index contributed by atoms with van der Waals surface area (Å²) in [6, 6.07) is 27.1. The molecule has 0 saturated heterocycles. The van der Waals surface area contributed by atoms with Crippen molar-refractivity contribution in [2.75, 3.05) is 5.32 Å². The van der Waals surface area contributed by atoms with Crippen LogP contribution in [-0.2, 0) is 4.79 Å². The van der Waals surface area contributed by atoms with Crippen molar-refractivity contribution < 1.29 is 4.79 Å². The highest BCUT2D eigenvalue weighted by Gasteiger charge is 2.30. The zero-order chi connectivity index (χ0) is 18.6. The van der Waals surface area contributed by atoms with Gasteiger partial charge in [-0.3, -0.25) is 4.79 Å². The van der Waals surface area contributed by atoms with Gasteiger partial charge in [-0.2, -0.15) is 0 Å². The van der Waals surface area contributed by atoms with E-state index >= 15 is 0 Å². The van der Waals surface area contributed by atoms with Crippen LogP contribution in [0, 0.1) is 0 Å². The van der Waals surface area contributed by atoms with Gasteiger partial charge in [0.05, 0.1) is 15.5 Å². The monoisotopic (exact) mass is 389 g/mol. The maximum atomic E-state index is 13.2. The van der Waals surface area contributed by atoms with Crippen LogP contribution in [0.1, 0.15) is 11.1 Å². The molecule has 4 rings (SSSR count). The average molecular weight is 390 g/mol. The third-order valence-electron chi connectivity index (χ3n) is 4.15. The van der Waals surface area contributed by atoms with Gasteiger partial charge in [0, 0.05) is 10.7 Å². The summed E-state index contributed by atoms with van der Waals surface area (Å²) in [5, 5.41) is 4.89. The lowest BCUT2D eigenvalue weighted by atomic mass is 10.0. The highest BCUT2D eigenvalue weighted by atomic mass is 35.5. The number of carbonyl (C=O) groups excluding carboxylic acids is 1. The van der Waals surface area contributed by atoms with Crippen molar-refractivity contribution in [2.24, 2.45) is 0 Å². The highest BCUT2D eigenvalue weighted by molar-refractivity contribution is 8.08. The maximum absolute atomic E-state index is 13.2. The fourth-order valence-corrected chi connectivity index (χ4v) is 4.07. The Morgan fingerprint density at radius 1 is 0.815 bits per heavy atom. The first-order valence-corrected chi connectivity index (χ1v) is 9.72. The smallest absolute Gasteiger partial charge is 0.203 e. The van der Waals surface area contributed by atoms with Crippen LogP contribution in [0.25, 0.3) is 11.6 Å². The van der Waals surface area contributed by atoms with Crippen LogP contribution >= 0.6 is 23.4 Å². The first-order chi connectivity index (χ1) is 13.2. The molecule has 0 saturated carbocycles. The number of ketones is 1. The van der Waals surface area contributed by atoms with Gasteiger partial charge in [0.15, 0.2) is 0 Å². The standard InChI is InChI=1S/C23H16ClNOS/c24-18-11-13-19(14-12-18)25-23-21(17-9-5-2-6-10-17)22(26)20(27-23)15-16-7-3-1-4-8-16/h1-15,25H/b20-15-. The van der Waals surface area contributed by atoms with Gasteiger partial charge in [0.2, 0.25) is 5.78 Å². The Morgan fingerprint density at radius 3 is 2.11 bits per heavy atom. The van der Waals surface area contributed by atoms with E-state index in [2.05, 4.69) is 5.32 Å². The quantitative estimate of drug-likeness (QED) is 0.518. The Bertz CT molecular complexity index is 1020. The van der Waals surface area contributed by atoms with Crippen LogP contribution < -0.4 is 5.32 Å². The number of nitrogens with one attached hydrogen (secondary N) is 1. The van der Waals surface area contributed by atoms with Crippen LogP contribution in [0.15, 0.2) is 94.9 Å². The summed E-state index contributed by atoms with van der Waals surface area (Å²) in [7, 11) is 0. The molecular weight excluding hydrogens is 374 g/mol. The molecule has 1 N–H and O–H groups in total. The van der Waals surface area contributed by atoms with Crippen molar-refractivity contribution in [3.05, 3.63) is 111 Å². The second-order valence-corrected chi connectivity index (χ2v) is 7.54. The molecule has 1 heterocycles. The Labute approximate surface area is 167 Å². The summed E-state index contributed by atoms with van der Waals surface area (Å²) in [6.45, 7) is 0. The molecule has 0 amide bonds. The summed E-state index contributed by atoms with van der Waals surface area (Å²) >= 11 is 7.44. The minimum Gasteiger partial charge on any atom is -0.349 e. The van der Waals surface area contributed by atoms with Gasteiger partial charge in [0.25, 0.3) is 0 Å². The van der Waals surface area contributed by atoms with Crippen LogP contribution in [-0.4, -0.2) is 5.78 Å².